The summed E-state index contributed by atoms with van der Waals surface area (Å²) < 4.78 is 0. The maximum absolute atomic E-state index is 12.3. The smallest absolute Gasteiger partial charge is 0.152 e. The molecule has 3 nitrogen and oxygen atoms in total. The average molecular weight is 312 g/mol. The molecular formula is C20H28N2O. The van der Waals surface area contributed by atoms with E-state index in [9.17, 15) is 4.79 Å². The van der Waals surface area contributed by atoms with Crippen LogP contribution in [-0.4, -0.2) is 41.8 Å². The van der Waals surface area contributed by atoms with Gasteiger partial charge in [-0.2, -0.15) is 0 Å². The van der Waals surface area contributed by atoms with E-state index in [1.165, 1.54) is 16.8 Å². The molecule has 1 saturated heterocycles. The SMILES string of the molecule is CC=C1C(N(C)C)Cc2ccccc2C2CCCC(C(C)=O)N12. The molecule has 0 radical (unpaired) electrons. The van der Waals surface area contributed by atoms with Gasteiger partial charge in [-0.3, -0.25) is 4.79 Å². The third-order valence-corrected chi connectivity index (χ3v) is 5.48. The Morgan fingerprint density at radius 1 is 1.26 bits per heavy atom. The van der Waals surface area contributed by atoms with Crippen LogP contribution < -0.4 is 0 Å². The highest BCUT2D eigenvalue weighted by Crippen LogP contribution is 2.43. The van der Waals surface area contributed by atoms with Crippen LogP contribution in [0, 0.1) is 0 Å². The van der Waals surface area contributed by atoms with E-state index in [0.717, 1.165) is 25.7 Å². The van der Waals surface area contributed by atoms with E-state index in [-0.39, 0.29) is 6.04 Å². The van der Waals surface area contributed by atoms with Crippen molar-refractivity contribution in [3.8, 4) is 0 Å². The van der Waals surface area contributed by atoms with E-state index < -0.39 is 0 Å². The van der Waals surface area contributed by atoms with Crippen LogP contribution in [-0.2, 0) is 11.2 Å². The Kier molecular flexibility index (Phi) is 4.58. The molecule has 0 bridgehead atoms. The van der Waals surface area contributed by atoms with Gasteiger partial charge in [0, 0.05) is 5.70 Å². The van der Waals surface area contributed by atoms with E-state index in [4.69, 9.17) is 0 Å². The Labute approximate surface area is 140 Å². The number of fused-ring (bicyclic) bond motifs is 3. The maximum Gasteiger partial charge on any atom is 0.152 e. The number of rotatable bonds is 2. The number of benzene rings is 1. The van der Waals surface area contributed by atoms with Gasteiger partial charge in [-0.1, -0.05) is 30.3 Å². The minimum absolute atomic E-state index is 0.0218. The van der Waals surface area contributed by atoms with Gasteiger partial charge in [0.15, 0.2) is 5.78 Å². The van der Waals surface area contributed by atoms with E-state index in [1.807, 2.05) is 0 Å². The molecule has 2 aliphatic heterocycles. The van der Waals surface area contributed by atoms with Gasteiger partial charge in [0.05, 0.1) is 18.1 Å². The number of carbonyl (C=O) groups is 1. The first-order valence-corrected chi connectivity index (χ1v) is 8.73. The van der Waals surface area contributed by atoms with Crippen molar-refractivity contribution in [2.24, 2.45) is 0 Å². The Hall–Kier alpha value is -1.61. The lowest BCUT2D eigenvalue weighted by Gasteiger charge is -2.45. The molecular weight excluding hydrogens is 284 g/mol. The van der Waals surface area contributed by atoms with Crippen molar-refractivity contribution in [3.05, 3.63) is 47.2 Å². The summed E-state index contributed by atoms with van der Waals surface area (Å²) in [6, 6.07) is 9.49. The molecule has 2 heterocycles. The van der Waals surface area contributed by atoms with E-state index in [0.29, 0.717) is 17.9 Å². The van der Waals surface area contributed by atoms with Gasteiger partial charge >= 0.3 is 0 Å². The second-order valence-corrected chi connectivity index (χ2v) is 7.08. The number of hydrogen-bond donors (Lipinski definition) is 0. The molecule has 0 saturated carbocycles. The second-order valence-electron chi connectivity index (χ2n) is 7.08. The maximum atomic E-state index is 12.3. The number of Topliss-reactive ketones (excluding diaryl/α,β-unsaturated/α-hetero) is 1. The third-order valence-electron chi connectivity index (χ3n) is 5.48. The summed E-state index contributed by atoms with van der Waals surface area (Å²) in [7, 11) is 4.29. The summed E-state index contributed by atoms with van der Waals surface area (Å²) in [5.74, 6) is 0.297. The van der Waals surface area contributed by atoms with Crippen LogP contribution in [0.15, 0.2) is 36.0 Å². The zero-order chi connectivity index (χ0) is 16.6. The number of allylic oxidation sites excluding steroid dienone is 1. The molecule has 23 heavy (non-hydrogen) atoms. The molecule has 1 aromatic carbocycles. The molecule has 1 fully saturated rings. The highest BCUT2D eigenvalue weighted by molar-refractivity contribution is 5.82. The quantitative estimate of drug-likeness (QED) is 0.834. The first-order chi connectivity index (χ1) is 11.0. The first-order valence-electron chi connectivity index (χ1n) is 8.73. The molecule has 3 atom stereocenters. The fraction of sp³-hybridized carbons (Fsp3) is 0.550. The number of piperidine rings is 1. The van der Waals surface area contributed by atoms with Crippen LogP contribution in [0.2, 0.25) is 0 Å². The van der Waals surface area contributed by atoms with Gasteiger partial charge in [0.25, 0.3) is 0 Å². The predicted octanol–water partition coefficient (Wildman–Crippen LogP) is 3.56. The standard InChI is InChI=1S/C20H28N2O/c1-5-17-20(21(3)4)13-15-9-6-7-10-16(15)19-12-8-11-18(14(2)23)22(17)19/h5-7,9-10,18-20H,8,11-13H2,1-4H3. The van der Waals surface area contributed by atoms with Crippen molar-refractivity contribution >= 4 is 5.78 Å². The van der Waals surface area contributed by atoms with Crippen molar-refractivity contribution in [1.29, 1.82) is 0 Å². The number of carbonyl (C=O) groups excluding carboxylic acids is 1. The molecule has 3 heteroatoms. The van der Waals surface area contributed by atoms with E-state index in [1.54, 1.807) is 6.92 Å². The Morgan fingerprint density at radius 2 is 2.00 bits per heavy atom. The van der Waals surface area contributed by atoms with E-state index in [2.05, 4.69) is 61.2 Å². The van der Waals surface area contributed by atoms with Gasteiger partial charge < -0.3 is 9.80 Å². The summed E-state index contributed by atoms with van der Waals surface area (Å²) in [5, 5.41) is 0. The Morgan fingerprint density at radius 3 is 2.65 bits per heavy atom. The fourth-order valence-corrected chi connectivity index (χ4v) is 4.38. The lowest BCUT2D eigenvalue weighted by Crippen LogP contribution is -2.48. The van der Waals surface area contributed by atoms with E-state index >= 15 is 0 Å². The second kappa shape index (κ2) is 6.48. The fourth-order valence-electron chi connectivity index (χ4n) is 4.38. The minimum Gasteiger partial charge on any atom is -0.357 e. The van der Waals surface area contributed by atoms with Crippen molar-refractivity contribution in [2.45, 2.75) is 57.7 Å². The topological polar surface area (TPSA) is 23.6 Å². The molecule has 0 spiro atoms. The first kappa shape index (κ1) is 16.3. The summed E-state index contributed by atoms with van der Waals surface area (Å²) >= 11 is 0. The van der Waals surface area contributed by atoms with Gasteiger partial charge in [0.1, 0.15) is 0 Å². The lowest BCUT2D eigenvalue weighted by atomic mass is 9.88. The Balaban J connectivity index is 2.16. The molecule has 0 aromatic heterocycles. The number of likely N-dealkylation sites (N-methyl/N-ethyl adjacent to an activating group) is 1. The monoisotopic (exact) mass is 312 g/mol. The summed E-state index contributed by atoms with van der Waals surface area (Å²) in [4.78, 5) is 17.1. The van der Waals surface area contributed by atoms with Crippen LogP contribution in [0.1, 0.15) is 50.3 Å². The third kappa shape index (κ3) is 2.83. The van der Waals surface area contributed by atoms with Crippen molar-refractivity contribution < 1.29 is 4.79 Å². The molecule has 3 unspecified atom stereocenters. The lowest BCUT2D eigenvalue weighted by molar-refractivity contribution is -0.123. The van der Waals surface area contributed by atoms with Crippen LogP contribution in [0.5, 0.6) is 0 Å². The zero-order valence-corrected chi connectivity index (χ0v) is 14.7. The molecule has 0 aliphatic carbocycles. The molecule has 124 valence electrons. The molecule has 0 amide bonds. The van der Waals surface area contributed by atoms with Crippen molar-refractivity contribution in [1.82, 2.24) is 9.80 Å². The summed E-state index contributed by atoms with van der Waals surface area (Å²) in [6.07, 6.45) is 6.48. The van der Waals surface area contributed by atoms with Gasteiger partial charge in [-0.15, -0.1) is 0 Å². The van der Waals surface area contributed by atoms with Crippen LogP contribution >= 0.6 is 0 Å². The minimum atomic E-state index is 0.0218. The molecule has 0 N–H and O–H groups in total. The Bertz CT molecular complexity index is 620. The number of ketones is 1. The van der Waals surface area contributed by atoms with Gasteiger partial charge in [-0.05, 0) is 64.8 Å². The van der Waals surface area contributed by atoms with Crippen LogP contribution in [0.3, 0.4) is 0 Å². The zero-order valence-electron chi connectivity index (χ0n) is 14.7. The summed E-state index contributed by atoms with van der Waals surface area (Å²) in [5.41, 5.74) is 4.17. The van der Waals surface area contributed by atoms with Crippen molar-refractivity contribution in [3.63, 3.8) is 0 Å². The van der Waals surface area contributed by atoms with Crippen LogP contribution in [0.25, 0.3) is 0 Å². The van der Waals surface area contributed by atoms with Crippen molar-refractivity contribution in [2.75, 3.05) is 14.1 Å². The molecule has 2 aliphatic rings. The molecule has 1 aromatic rings. The normalized spacial score (nSPS) is 29.2. The molecule has 3 rings (SSSR count). The van der Waals surface area contributed by atoms with Gasteiger partial charge in [-0.25, -0.2) is 0 Å². The van der Waals surface area contributed by atoms with Gasteiger partial charge in [0.2, 0.25) is 0 Å². The predicted molar refractivity (Wildman–Crippen MR) is 94.3 cm³/mol. The largest absolute Gasteiger partial charge is 0.357 e. The highest BCUT2D eigenvalue weighted by atomic mass is 16.1. The highest BCUT2D eigenvalue weighted by Gasteiger charge is 2.40. The van der Waals surface area contributed by atoms with Crippen LogP contribution in [0.4, 0.5) is 0 Å². The average Bonchev–Trinajstić information content (AvgIpc) is 2.68. The summed E-state index contributed by atoms with van der Waals surface area (Å²) in [6.45, 7) is 3.87. The number of hydrogen-bond acceptors (Lipinski definition) is 3. The number of nitrogens with zero attached hydrogens (tertiary/aromatic N) is 2.